The fourth-order valence-corrected chi connectivity index (χ4v) is 2.28. The highest BCUT2D eigenvalue weighted by molar-refractivity contribution is 5.79. The third-order valence-corrected chi connectivity index (χ3v) is 3.51. The first-order chi connectivity index (χ1) is 11.5. The molecule has 0 radical (unpaired) electrons. The normalized spacial score (nSPS) is 12.1. The molecule has 8 heteroatoms. The minimum atomic E-state index is -4.61. The number of hydrogen-bond acceptors (Lipinski definition) is 3. The average molecular weight is 355 g/mol. The lowest BCUT2D eigenvalue weighted by Gasteiger charge is -2.25. The van der Waals surface area contributed by atoms with Crippen LogP contribution in [0.15, 0.2) is 30.5 Å². The van der Waals surface area contributed by atoms with Crippen LogP contribution in [0.3, 0.4) is 0 Å². The third-order valence-electron chi connectivity index (χ3n) is 3.51. The van der Waals surface area contributed by atoms with Crippen molar-refractivity contribution in [3.05, 3.63) is 58.9 Å². The van der Waals surface area contributed by atoms with Crippen LogP contribution in [0.25, 0.3) is 0 Å². The number of aryl methyl sites for hydroxylation is 1. The Balaban J connectivity index is 2.18. The van der Waals surface area contributed by atoms with Crippen molar-refractivity contribution in [2.45, 2.75) is 38.9 Å². The van der Waals surface area contributed by atoms with Gasteiger partial charge in [0.25, 0.3) is 0 Å². The molecule has 1 N–H and O–H groups in total. The van der Waals surface area contributed by atoms with Gasteiger partial charge in [-0.2, -0.15) is 13.2 Å². The van der Waals surface area contributed by atoms with Gasteiger partial charge in [-0.25, -0.2) is 14.4 Å². The molecule has 4 nitrogen and oxygen atoms in total. The molecule has 0 saturated carbocycles. The maximum atomic E-state index is 13.7. The second-order valence-electron chi connectivity index (χ2n) is 6.21. The fraction of sp³-hybridized carbons (Fsp3) is 0.353. The summed E-state index contributed by atoms with van der Waals surface area (Å²) in [4.78, 5) is 19.5. The molecule has 1 heterocycles. The van der Waals surface area contributed by atoms with Crippen LogP contribution in [0.1, 0.15) is 36.5 Å². The monoisotopic (exact) mass is 355 g/mol. The highest BCUT2D eigenvalue weighted by Crippen LogP contribution is 2.28. The molecular weight excluding hydrogens is 338 g/mol. The van der Waals surface area contributed by atoms with Gasteiger partial charge in [-0.15, -0.1) is 0 Å². The van der Waals surface area contributed by atoms with Crippen molar-refractivity contribution >= 4 is 5.91 Å². The van der Waals surface area contributed by atoms with Crippen LogP contribution in [0, 0.1) is 12.7 Å². The van der Waals surface area contributed by atoms with Gasteiger partial charge in [-0.05, 0) is 38.5 Å². The van der Waals surface area contributed by atoms with Gasteiger partial charge in [0.2, 0.25) is 5.91 Å². The standard InChI is InChI=1S/C17H17F4N3O/c1-10-4-5-12(18)11(8-10)9-14(25)24-16(2,3)15-22-7-6-13(23-15)17(19,20)21/h4-8H,9H2,1-3H3,(H,24,25). The highest BCUT2D eigenvalue weighted by Gasteiger charge is 2.35. The molecule has 0 aliphatic rings. The second kappa shape index (κ2) is 6.78. The number of nitrogens with one attached hydrogen (secondary N) is 1. The van der Waals surface area contributed by atoms with Gasteiger partial charge in [0.15, 0.2) is 5.82 Å². The first-order valence-electron chi connectivity index (χ1n) is 7.46. The van der Waals surface area contributed by atoms with E-state index >= 15 is 0 Å². The minimum absolute atomic E-state index is 0.180. The van der Waals surface area contributed by atoms with Crippen LogP contribution >= 0.6 is 0 Å². The quantitative estimate of drug-likeness (QED) is 0.854. The summed E-state index contributed by atoms with van der Waals surface area (Å²) in [6.45, 7) is 4.72. The molecule has 0 saturated heterocycles. The molecule has 0 unspecified atom stereocenters. The number of benzene rings is 1. The molecule has 0 aliphatic carbocycles. The number of aromatic nitrogens is 2. The van der Waals surface area contributed by atoms with Crippen molar-refractivity contribution in [1.82, 2.24) is 15.3 Å². The Labute approximate surface area is 142 Å². The van der Waals surface area contributed by atoms with Gasteiger partial charge < -0.3 is 5.32 Å². The van der Waals surface area contributed by atoms with Crippen molar-refractivity contribution in [3.8, 4) is 0 Å². The van der Waals surface area contributed by atoms with E-state index in [0.717, 1.165) is 17.8 Å². The third kappa shape index (κ3) is 4.74. The summed E-state index contributed by atoms with van der Waals surface area (Å²) in [5.41, 5.74) is -1.34. The predicted octanol–water partition coefficient (Wildman–Crippen LogP) is 3.54. The van der Waals surface area contributed by atoms with E-state index in [1.807, 2.05) is 0 Å². The second-order valence-corrected chi connectivity index (χ2v) is 6.21. The smallest absolute Gasteiger partial charge is 0.344 e. The van der Waals surface area contributed by atoms with E-state index in [1.165, 1.54) is 19.9 Å². The maximum absolute atomic E-state index is 13.7. The molecule has 1 aromatic heterocycles. The molecule has 134 valence electrons. The van der Waals surface area contributed by atoms with Gasteiger partial charge >= 0.3 is 6.18 Å². The van der Waals surface area contributed by atoms with Gasteiger partial charge in [0, 0.05) is 6.20 Å². The van der Waals surface area contributed by atoms with Gasteiger partial charge in [-0.1, -0.05) is 17.7 Å². The molecule has 0 fully saturated rings. The topological polar surface area (TPSA) is 54.9 Å². The molecule has 25 heavy (non-hydrogen) atoms. The van der Waals surface area contributed by atoms with E-state index in [1.54, 1.807) is 19.1 Å². The number of rotatable bonds is 4. The average Bonchev–Trinajstić information content (AvgIpc) is 2.49. The Bertz CT molecular complexity index is 788. The molecule has 0 bridgehead atoms. The molecule has 2 rings (SSSR count). The van der Waals surface area contributed by atoms with Crippen LogP contribution in [-0.2, 0) is 22.9 Å². The summed E-state index contributed by atoms with van der Waals surface area (Å²) < 4.78 is 52.0. The lowest BCUT2D eigenvalue weighted by atomic mass is 10.0. The molecule has 1 aromatic carbocycles. The summed E-state index contributed by atoms with van der Waals surface area (Å²) in [7, 11) is 0. The molecule has 0 aliphatic heterocycles. The molecular formula is C17H17F4N3O. The summed E-state index contributed by atoms with van der Waals surface area (Å²) in [6.07, 6.45) is -3.86. The molecule has 0 atom stereocenters. The Morgan fingerprint density at radius 2 is 1.88 bits per heavy atom. The van der Waals surface area contributed by atoms with Crippen LogP contribution < -0.4 is 5.32 Å². The lowest BCUT2D eigenvalue weighted by molar-refractivity contribution is -0.141. The molecule has 0 spiro atoms. The Kier molecular flexibility index (Phi) is 5.10. The van der Waals surface area contributed by atoms with E-state index in [-0.39, 0.29) is 17.8 Å². The fourth-order valence-electron chi connectivity index (χ4n) is 2.28. The number of amides is 1. The number of alkyl halides is 3. The predicted molar refractivity (Wildman–Crippen MR) is 83.0 cm³/mol. The first-order valence-corrected chi connectivity index (χ1v) is 7.46. The van der Waals surface area contributed by atoms with E-state index in [0.29, 0.717) is 0 Å². The largest absolute Gasteiger partial charge is 0.433 e. The number of halogens is 4. The summed E-state index contributed by atoms with van der Waals surface area (Å²) in [6, 6.07) is 5.14. The zero-order valence-electron chi connectivity index (χ0n) is 13.9. The molecule has 1 amide bonds. The van der Waals surface area contributed by atoms with E-state index in [2.05, 4.69) is 15.3 Å². The van der Waals surface area contributed by atoms with Crippen molar-refractivity contribution < 1.29 is 22.4 Å². The maximum Gasteiger partial charge on any atom is 0.433 e. The lowest BCUT2D eigenvalue weighted by Crippen LogP contribution is -2.43. The van der Waals surface area contributed by atoms with E-state index in [9.17, 15) is 22.4 Å². The number of nitrogens with zero attached hydrogens (tertiary/aromatic N) is 2. The van der Waals surface area contributed by atoms with Crippen LogP contribution in [0.2, 0.25) is 0 Å². The number of carbonyl (C=O) groups excluding carboxylic acids is 1. The van der Waals surface area contributed by atoms with Crippen molar-refractivity contribution in [2.75, 3.05) is 0 Å². The van der Waals surface area contributed by atoms with Gasteiger partial charge in [0.1, 0.15) is 11.5 Å². The van der Waals surface area contributed by atoms with E-state index in [4.69, 9.17) is 0 Å². The zero-order chi connectivity index (χ0) is 18.8. The Morgan fingerprint density at radius 3 is 2.52 bits per heavy atom. The summed E-state index contributed by atoms with van der Waals surface area (Å²) in [5, 5.41) is 2.55. The van der Waals surface area contributed by atoms with Gasteiger partial charge in [0.05, 0.1) is 12.0 Å². The van der Waals surface area contributed by atoms with Crippen LogP contribution in [0.5, 0.6) is 0 Å². The Hall–Kier alpha value is -2.51. The summed E-state index contributed by atoms with van der Waals surface area (Å²) >= 11 is 0. The Morgan fingerprint density at radius 1 is 1.20 bits per heavy atom. The summed E-state index contributed by atoms with van der Waals surface area (Å²) in [5.74, 6) is -1.25. The van der Waals surface area contributed by atoms with Gasteiger partial charge in [-0.3, -0.25) is 4.79 Å². The van der Waals surface area contributed by atoms with Crippen LogP contribution in [0.4, 0.5) is 17.6 Å². The van der Waals surface area contributed by atoms with Crippen molar-refractivity contribution in [2.24, 2.45) is 0 Å². The van der Waals surface area contributed by atoms with Crippen LogP contribution in [-0.4, -0.2) is 15.9 Å². The van der Waals surface area contributed by atoms with Crippen molar-refractivity contribution in [3.63, 3.8) is 0 Å². The SMILES string of the molecule is Cc1ccc(F)c(CC(=O)NC(C)(C)c2nccc(C(F)(F)F)n2)c1. The zero-order valence-corrected chi connectivity index (χ0v) is 13.9. The highest BCUT2D eigenvalue weighted by atomic mass is 19.4. The molecule has 2 aromatic rings. The van der Waals surface area contributed by atoms with Crippen molar-refractivity contribution in [1.29, 1.82) is 0 Å². The minimum Gasteiger partial charge on any atom is -0.344 e. The number of hydrogen-bond donors (Lipinski definition) is 1. The van der Waals surface area contributed by atoms with E-state index < -0.39 is 29.1 Å². The first kappa shape index (κ1) is 18.8. The number of carbonyl (C=O) groups is 1.